The molecule has 0 radical (unpaired) electrons. The average molecular weight is 297 g/mol. The van der Waals surface area contributed by atoms with Crippen molar-refractivity contribution in [2.45, 2.75) is 6.92 Å². The first-order valence-electron chi connectivity index (χ1n) is 6.61. The van der Waals surface area contributed by atoms with E-state index in [4.69, 9.17) is 4.74 Å². The number of carbonyl (C=O) groups excluding carboxylic acids is 2. The molecule has 5 heteroatoms. The zero-order valence-corrected chi connectivity index (χ0v) is 12.0. The van der Waals surface area contributed by atoms with Crippen molar-refractivity contribution >= 4 is 17.9 Å². The number of hydrogen-bond donors (Lipinski definition) is 1. The molecular weight excluding hydrogens is 282 g/mol. The molecule has 5 nitrogen and oxygen atoms in total. The minimum absolute atomic E-state index is 0.0564. The Labute approximate surface area is 128 Å². The summed E-state index contributed by atoms with van der Waals surface area (Å²) in [4.78, 5) is 22.3. The summed E-state index contributed by atoms with van der Waals surface area (Å²) in [5, 5.41) is 9.24. The van der Waals surface area contributed by atoms with Gasteiger partial charge in [0.25, 0.3) is 5.91 Å². The summed E-state index contributed by atoms with van der Waals surface area (Å²) in [7, 11) is 0. The van der Waals surface area contributed by atoms with E-state index >= 15 is 0 Å². The van der Waals surface area contributed by atoms with Crippen LogP contribution < -0.4 is 4.74 Å². The summed E-state index contributed by atoms with van der Waals surface area (Å²) in [6.45, 7) is 1.10. The van der Waals surface area contributed by atoms with Crippen molar-refractivity contribution in [2.24, 2.45) is 0 Å². The second kappa shape index (κ2) is 7.19. The molecule has 0 bridgehead atoms. The van der Waals surface area contributed by atoms with Gasteiger partial charge in [-0.2, -0.15) is 5.06 Å². The van der Waals surface area contributed by atoms with Gasteiger partial charge in [-0.25, -0.2) is 0 Å². The lowest BCUT2D eigenvalue weighted by Crippen LogP contribution is -2.29. The molecule has 0 atom stereocenters. The van der Waals surface area contributed by atoms with Crippen molar-refractivity contribution in [1.82, 2.24) is 5.06 Å². The largest absolute Gasteiger partial charge is 0.457 e. The van der Waals surface area contributed by atoms with Crippen LogP contribution in [-0.4, -0.2) is 22.1 Å². The number of amides is 2. The maximum atomic E-state index is 11.5. The number of para-hydroxylation sites is 1. The van der Waals surface area contributed by atoms with Gasteiger partial charge in [0.05, 0.1) is 0 Å². The van der Waals surface area contributed by atoms with Crippen molar-refractivity contribution in [3.8, 4) is 11.5 Å². The van der Waals surface area contributed by atoms with Crippen molar-refractivity contribution in [2.75, 3.05) is 0 Å². The Kier molecular flexibility index (Phi) is 5.06. The summed E-state index contributed by atoms with van der Waals surface area (Å²) in [5.41, 5.74) is 0.707. The monoisotopic (exact) mass is 297 g/mol. The molecule has 0 saturated heterocycles. The van der Waals surface area contributed by atoms with Gasteiger partial charge in [0.1, 0.15) is 11.5 Å². The number of ether oxygens (including phenoxy) is 1. The minimum atomic E-state index is -0.804. The highest BCUT2D eigenvalue weighted by Crippen LogP contribution is 2.22. The van der Waals surface area contributed by atoms with Crippen molar-refractivity contribution in [3.63, 3.8) is 0 Å². The van der Waals surface area contributed by atoms with Gasteiger partial charge in [0, 0.05) is 13.0 Å². The number of rotatable bonds is 4. The van der Waals surface area contributed by atoms with Crippen LogP contribution in [0, 0.1) is 0 Å². The summed E-state index contributed by atoms with van der Waals surface area (Å²) in [6, 6.07) is 16.4. The lowest BCUT2D eigenvalue weighted by molar-refractivity contribution is -0.173. The Hall–Kier alpha value is -2.92. The number of benzene rings is 2. The Morgan fingerprint density at radius 2 is 1.73 bits per heavy atom. The van der Waals surface area contributed by atoms with Crippen LogP contribution in [0.25, 0.3) is 6.08 Å². The van der Waals surface area contributed by atoms with E-state index in [1.54, 1.807) is 24.3 Å². The van der Waals surface area contributed by atoms with Crippen LogP contribution in [-0.2, 0) is 9.59 Å². The molecule has 0 aliphatic heterocycles. The fourth-order valence-electron chi connectivity index (χ4n) is 1.70. The lowest BCUT2D eigenvalue weighted by atomic mass is 10.2. The van der Waals surface area contributed by atoms with Gasteiger partial charge in [-0.1, -0.05) is 30.3 Å². The maximum absolute atomic E-state index is 11.5. The van der Waals surface area contributed by atoms with E-state index in [0.29, 0.717) is 17.1 Å². The molecule has 2 amide bonds. The van der Waals surface area contributed by atoms with Crippen molar-refractivity contribution in [3.05, 3.63) is 66.2 Å². The molecule has 2 rings (SSSR count). The molecule has 0 fully saturated rings. The van der Waals surface area contributed by atoms with E-state index < -0.39 is 11.8 Å². The standard InChI is InChI=1S/C17H15NO4/c1-13(19)18(21)17(20)11-10-14-6-5-9-16(12-14)22-15-7-3-2-4-8-15/h2-12,21H,1H3/b11-10+. The first-order chi connectivity index (χ1) is 10.6. The number of carbonyl (C=O) groups is 2. The molecule has 0 aliphatic rings. The van der Waals surface area contributed by atoms with E-state index in [-0.39, 0.29) is 5.06 Å². The van der Waals surface area contributed by atoms with Crippen LogP contribution in [0.1, 0.15) is 12.5 Å². The molecule has 2 aromatic rings. The summed E-state index contributed by atoms with van der Waals surface area (Å²) >= 11 is 0. The molecule has 0 aromatic heterocycles. The molecule has 0 unspecified atom stereocenters. The third-order valence-electron chi connectivity index (χ3n) is 2.76. The molecule has 0 heterocycles. The van der Waals surface area contributed by atoms with Crippen LogP contribution in [0.3, 0.4) is 0 Å². The Morgan fingerprint density at radius 1 is 1.05 bits per heavy atom. The van der Waals surface area contributed by atoms with Gasteiger partial charge in [-0.05, 0) is 35.9 Å². The van der Waals surface area contributed by atoms with E-state index in [1.807, 2.05) is 30.3 Å². The highest BCUT2D eigenvalue weighted by Gasteiger charge is 2.11. The molecule has 0 spiro atoms. The Balaban J connectivity index is 2.08. The number of imide groups is 1. The third kappa shape index (κ3) is 4.29. The van der Waals surface area contributed by atoms with E-state index in [0.717, 1.165) is 13.0 Å². The topological polar surface area (TPSA) is 66.8 Å². The van der Waals surface area contributed by atoms with Crippen LogP contribution in [0.4, 0.5) is 0 Å². The first kappa shape index (κ1) is 15.5. The van der Waals surface area contributed by atoms with Crippen LogP contribution >= 0.6 is 0 Å². The predicted octanol–water partition coefficient (Wildman–Crippen LogP) is 3.26. The number of hydrogen-bond acceptors (Lipinski definition) is 4. The first-order valence-corrected chi connectivity index (χ1v) is 6.61. The fourth-order valence-corrected chi connectivity index (χ4v) is 1.70. The third-order valence-corrected chi connectivity index (χ3v) is 2.76. The van der Waals surface area contributed by atoms with Crippen LogP contribution in [0.15, 0.2) is 60.7 Å². The molecule has 0 aliphatic carbocycles. The number of hydroxylamine groups is 2. The minimum Gasteiger partial charge on any atom is -0.457 e. The van der Waals surface area contributed by atoms with Gasteiger partial charge in [-0.15, -0.1) is 0 Å². The zero-order chi connectivity index (χ0) is 15.9. The average Bonchev–Trinajstić information content (AvgIpc) is 2.53. The van der Waals surface area contributed by atoms with Gasteiger partial charge in [0.15, 0.2) is 0 Å². The van der Waals surface area contributed by atoms with Crippen molar-refractivity contribution in [1.29, 1.82) is 0 Å². The molecule has 0 saturated carbocycles. The van der Waals surface area contributed by atoms with Gasteiger partial charge >= 0.3 is 0 Å². The summed E-state index contributed by atoms with van der Waals surface area (Å²) < 4.78 is 5.68. The summed E-state index contributed by atoms with van der Waals surface area (Å²) in [5.74, 6) is -0.219. The van der Waals surface area contributed by atoms with Gasteiger partial charge in [0.2, 0.25) is 5.91 Å². The Morgan fingerprint density at radius 3 is 2.41 bits per heavy atom. The molecule has 112 valence electrons. The van der Waals surface area contributed by atoms with Crippen LogP contribution in [0.5, 0.6) is 11.5 Å². The quantitative estimate of drug-likeness (QED) is 0.534. The van der Waals surface area contributed by atoms with E-state index in [1.165, 1.54) is 6.08 Å². The second-order valence-electron chi connectivity index (χ2n) is 4.49. The number of nitrogens with zero attached hydrogens (tertiary/aromatic N) is 1. The predicted molar refractivity (Wildman–Crippen MR) is 81.3 cm³/mol. The molecule has 2 aromatic carbocycles. The molecule has 22 heavy (non-hydrogen) atoms. The van der Waals surface area contributed by atoms with Crippen LogP contribution in [0.2, 0.25) is 0 Å². The molecular formula is C17H15NO4. The van der Waals surface area contributed by atoms with E-state index in [9.17, 15) is 14.8 Å². The van der Waals surface area contributed by atoms with Gasteiger partial charge < -0.3 is 4.74 Å². The highest BCUT2D eigenvalue weighted by molar-refractivity contribution is 6.00. The smallest absolute Gasteiger partial charge is 0.277 e. The SMILES string of the molecule is CC(=O)N(O)C(=O)/C=C/c1cccc(Oc2ccccc2)c1. The zero-order valence-electron chi connectivity index (χ0n) is 12.0. The van der Waals surface area contributed by atoms with E-state index in [2.05, 4.69) is 0 Å². The summed E-state index contributed by atoms with van der Waals surface area (Å²) in [6.07, 6.45) is 2.61. The highest BCUT2D eigenvalue weighted by atomic mass is 16.5. The maximum Gasteiger partial charge on any atom is 0.277 e. The molecule has 1 N–H and O–H groups in total. The normalized spacial score (nSPS) is 10.5. The Bertz CT molecular complexity index is 695. The van der Waals surface area contributed by atoms with Gasteiger partial charge in [-0.3, -0.25) is 14.8 Å². The lowest BCUT2D eigenvalue weighted by Gasteiger charge is -2.07. The second-order valence-corrected chi connectivity index (χ2v) is 4.49. The van der Waals surface area contributed by atoms with Crippen molar-refractivity contribution < 1.29 is 19.5 Å². The fraction of sp³-hybridized carbons (Fsp3) is 0.0588.